The molecule has 0 fully saturated rings. The minimum Gasteiger partial charge on any atom is -0.490 e. The van der Waals surface area contributed by atoms with Crippen LogP contribution in [0.15, 0.2) is 36.5 Å². The van der Waals surface area contributed by atoms with Gasteiger partial charge in [0.25, 0.3) is 0 Å². The molecule has 0 unspecified atom stereocenters. The molecule has 0 spiro atoms. The number of hydrogen-bond acceptors (Lipinski definition) is 7. The van der Waals surface area contributed by atoms with Gasteiger partial charge in [-0.2, -0.15) is 0 Å². The lowest BCUT2D eigenvalue weighted by atomic mass is 10.0. The van der Waals surface area contributed by atoms with E-state index in [2.05, 4.69) is 19.9 Å². The normalized spacial score (nSPS) is 13.0. The van der Waals surface area contributed by atoms with Crippen LogP contribution in [0.5, 0.6) is 5.75 Å². The van der Waals surface area contributed by atoms with E-state index in [1.165, 1.54) is 7.11 Å². The third kappa shape index (κ3) is 3.87. The summed E-state index contributed by atoms with van der Waals surface area (Å²) < 4.78 is 10.6. The summed E-state index contributed by atoms with van der Waals surface area (Å²) in [7, 11) is 1.40. The second kappa shape index (κ2) is 7.83. The van der Waals surface area contributed by atoms with Crippen LogP contribution in [0, 0.1) is 6.92 Å². The third-order valence-corrected chi connectivity index (χ3v) is 4.91. The summed E-state index contributed by atoms with van der Waals surface area (Å²) in [5.41, 5.74) is 11.3. The van der Waals surface area contributed by atoms with Crippen LogP contribution in [0.4, 0.5) is 11.6 Å². The summed E-state index contributed by atoms with van der Waals surface area (Å²) in [6.45, 7) is 3.78. The number of aryl methyl sites for hydroxylation is 1. The first-order chi connectivity index (χ1) is 14.0. The van der Waals surface area contributed by atoms with Crippen LogP contribution < -0.4 is 15.4 Å². The molecule has 1 aliphatic rings. The lowest BCUT2D eigenvalue weighted by molar-refractivity contribution is -0.140. The maximum absolute atomic E-state index is 11.6. The Balaban J connectivity index is 1.72. The Morgan fingerprint density at radius 2 is 2.17 bits per heavy atom. The lowest BCUT2D eigenvalue weighted by Gasteiger charge is -2.31. The molecule has 29 heavy (non-hydrogen) atoms. The van der Waals surface area contributed by atoms with Crippen molar-refractivity contribution in [2.24, 2.45) is 0 Å². The van der Waals surface area contributed by atoms with Crippen molar-refractivity contribution in [1.29, 1.82) is 0 Å². The summed E-state index contributed by atoms with van der Waals surface area (Å²) in [5, 5.41) is 0. The highest BCUT2D eigenvalue weighted by Crippen LogP contribution is 2.38. The number of H-pyrrole nitrogens is 1. The minimum atomic E-state index is -0.232. The van der Waals surface area contributed by atoms with Gasteiger partial charge in [0.1, 0.15) is 12.4 Å². The van der Waals surface area contributed by atoms with E-state index < -0.39 is 0 Å². The Morgan fingerprint density at radius 3 is 2.97 bits per heavy atom. The quantitative estimate of drug-likeness (QED) is 0.642. The molecule has 1 aromatic carbocycles. The van der Waals surface area contributed by atoms with Crippen LogP contribution in [0.2, 0.25) is 0 Å². The van der Waals surface area contributed by atoms with Gasteiger partial charge in [0.05, 0.1) is 37.2 Å². The molecule has 150 valence electrons. The summed E-state index contributed by atoms with van der Waals surface area (Å²) in [6.07, 6.45) is 2.08. The summed E-state index contributed by atoms with van der Waals surface area (Å²) in [4.78, 5) is 25.6. The largest absolute Gasteiger partial charge is 0.490 e. The molecule has 2 aromatic heterocycles. The van der Waals surface area contributed by atoms with Crippen LogP contribution in [-0.4, -0.2) is 47.7 Å². The SMILES string of the molecule is COC(=O)CCN1CCOc2ccc(-c3nc(N)[nH]c3-c3ccnc(C)c3)cc21. The number of carbonyl (C=O) groups is 1. The van der Waals surface area contributed by atoms with E-state index >= 15 is 0 Å². The van der Waals surface area contributed by atoms with Gasteiger partial charge in [-0.05, 0) is 37.3 Å². The van der Waals surface area contributed by atoms with Gasteiger partial charge in [0.2, 0.25) is 0 Å². The molecule has 8 heteroatoms. The van der Waals surface area contributed by atoms with E-state index in [1.54, 1.807) is 6.20 Å². The summed E-state index contributed by atoms with van der Waals surface area (Å²) >= 11 is 0. The predicted octanol–water partition coefficient (Wildman–Crippen LogP) is 2.79. The topological polar surface area (TPSA) is 106 Å². The molecule has 3 heterocycles. The number of fused-ring (bicyclic) bond motifs is 1. The van der Waals surface area contributed by atoms with Gasteiger partial charge >= 0.3 is 5.97 Å². The lowest BCUT2D eigenvalue weighted by Crippen LogP contribution is -2.34. The number of esters is 1. The van der Waals surface area contributed by atoms with E-state index in [1.807, 2.05) is 37.3 Å². The van der Waals surface area contributed by atoms with E-state index in [4.69, 9.17) is 15.2 Å². The van der Waals surface area contributed by atoms with Crippen molar-refractivity contribution in [1.82, 2.24) is 15.0 Å². The van der Waals surface area contributed by atoms with Crippen LogP contribution in [0.3, 0.4) is 0 Å². The molecule has 0 saturated carbocycles. The molecule has 1 aliphatic heterocycles. The molecule has 0 saturated heterocycles. The molecule has 0 aliphatic carbocycles. The Hall–Kier alpha value is -3.55. The average Bonchev–Trinajstić information content (AvgIpc) is 3.13. The van der Waals surface area contributed by atoms with Crippen LogP contribution >= 0.6 is 0 Å². The van der Waals surface area contributed by atoms with Crippen molar-refractivity contribution in [3.05, 3.63) is 42.2 Å². The standard InChI is InChI=1S/C21H23N5O3/c1-13-11-15(5-7-23-13)20-19(24-21(22)25-20)14-3-4-17-16(12-14)26(9-10-29-17)8-6-18(27)28-2/h3-5,7,11-12H,6,8-10H2,1-2H3,(H3,22,24,25). The highest BCUT2D eigenvalue weighted by Gasteiger charge is 2.21. The molecular formula is C21H23N5O3. The second-order valence-corrected chi connectivity index (χ2v) is 6.88. The van der Waals surface area contributed by atoms with Gasteiger partial charge in [-0.25, -0.2) is 4.98 Å². The first kappa shape index (κ1) is 18.8. The van der Waals surface area contributed by atoms with Crippen LogP contribution in [0.1, 0.15) is 12.1 Å². The van der Waals surface area contributed by atoms with Gasteiger partial charge in [0.15, 0.2) is 5.95 Å². The number of aromatic amines is 1. The van der Waals surface area contributed by atoms with Crippen molar-refractivity contribution in [3.8, 4) is 28.3 Å². The maximum atomic E-state index is 11.6. The fourth-order valence-corrected chi connectivity index (χ4v) is 3.49. The summed E-state index contributed by atoms with van der Waals surface area (Å²) in [6, 6.07) is 9.84. The number of aromatic nitrogens is 3. The maximum Gasteiger partial charge on any atom is 0.307 e. The van der Waals surface area contributed by atoms with E-state index in [0.717, 1.165) is 39.6 Å². The molecule has 0 bridgehead atoms. The van der Waals surface area contributed by atoms with Crippen molar-refractivity contribution in [2.45, 2.75) is 13.3 Å². The number of nitrogens with two attached hydrogens (primary N) is 1. The van der Waals surface area contributed by atoms with Crippen molar-refractivity contribution in [3.63, 3.8) is 0 Å². The molecule has 8 nitrogen and oxygen atoms in total. The number of methoxy groups -OCH3 is 1. The Labute approximate surface area is 168 Å². The van der Waals surface area contributed by atoms with Crippen molar-refractivity contribution < 1.29 is 14.3 Å². The number of benzene rings is 1. The predicted molar refractivity (Wildman–Crippen MR) is 111 cm³/mol. The Kier molecular flexibility index (Phi) is 5.07. The number of imidazole rings is 1. The zero-order valence-corrected chi connectivity index (χ0v) is 16.4. The fraction of sp³-hybridized carbons (Fsp3) is 0.286. The Bertz CT molecular complexity index is 1050. The number of hydrogen-bond donors (Lipinski definition) is 2. The number of pyridine rings is 1. The number of nitrogens with zero attached hydrogens (tertiary/aromatic N) is 3. The highest BCUT2D eigenvalue weighted by atomic mass is 16.5. The Morgan fingerprint density at radius 1 is 1.31 bits per heavy atom. The summed E-state index contributed by atoms with van der Waals surface area (Å²) in [5.74, 6) is 0.903. The van der Waals surface area contributed by atoms with Gasteiger partial charge in [-0.1, -0.05) is 0 Å². The van der Waals surface area contributed by atoms with Gasteiger partial charge < -0.3 is 25.1 Å². The van der Waals surface area contributed by atoms with Gasteiger partial charge in [0, 0.05) is 29.6 Å². The average molecular weight is 393 g/mol. The fourth-order valence-electron chi connectivity index (χ4n) is 3.49. The van der Waals surface area contributed by atoms with Crippen LogP contribution in [0.25, 0.3) is 22.5 Å². The number of nitrogens with one attached hydrogen (secondary N) is 1. The van der Waals surface area contributed by atoms with Gasteiger partial charge in [-0.3, -0.25) is 9.78 Å². The van der Waals surface area contributed by atoms with E-state index in [9.17, 15) is 4.79 Å². The number of anilines is 2. The highest BCUT2D eigenvalue weighted by molar-refractivity contribution is 5.82. The third-order valence-electron chi connectivity index (χ3n) is 4.91. The number of nitrogen functional groups attached to an aromatic ring is 1. The van der Waals surface area contributed by atoms with Crippen molar-refractivity contribution in [2.75, 3.05) is 37.4 Å². The van der Waals surface area contributed by atoms with E-state index in [0.29, 0.717) is 32.1 Å². The molecule has 4 rings (SSSR count). The molecule has 0 amide bonds. The number of rotatable bonds is 5. The number of ether oxygens (including phenoxy) is 2. The first-order valence-corrected chi connectivity index (χ1v) is 9.42. The smallest absolute Gasteiger partial charge is 0.307 e. The molecule has 0 radical (unpaired) electrons. The molecular weight excluding hydrogens is 370 g/mol. The minimum absolute atomic E-state index is 0.232. The monoisotopic (exact) mass is 393 g/mol. The zero-order chi connectivity index (χ0) is 20.4. The van der Waals surface area contributed by atoms with Crippen LogP contribution in [-0.2, 0) is 9.53 Å². The molecule has 3 N–H and O–H groups in total. The number of carbonyl (C=O) groups excluding carboxylic acids is 1. The van der Waals surface area contributed by atoms with E-state index in [-0.39, 0.29) is 5.97 Å². The van der Waals surface area contributed by atoms with Crippen molar-refractivity contribution >= 4 is 17.6 Å². The first-order valence-electron chi connectivity index (χ1n) is 9.42. The second-order valence-electron chi connectivity index (χ2n) is 6.88. The zero-order valence-electron chi connectivity index (χ0n) is 16.4. The molecule has 3 aromatic rings. The molecule has 0 atom stereocenters. The van der Waals surface area contributed by atoms with Gasteiger partial charge in [-0.15, -0.1) is 0 Å².